The summed E-state index contributed by atoms with van der Waals surface area (Å²) in [4.78, 5) is 15.0. The Balaban J connectivity index is 2.65. The molecular formula is C9H8BrN3O3. The Bertz CT molecular complexity index is 552. The second-order valence-electron chi connectivity index (χ2n) is 2.97. The topological polar surface area (TPSA) is 76.7 Å². The van der Waals surface area contributed by atoms with Crippen LogP contribution in [0.1, 0.15) is 17.3 Å². The number of hydrogen-bond donors (Lipinski definition) is 1. The van der Waals surface area contributed by atoms with Crippen molar-refractivity contribution >= 4 is 27.5 Å². The second-order valence-corrected chi connectivity index (χ2v) is 3.89. The molecule has 0 fully saturated rings. The largest absolute Gasteiger partial charge is 0.478 e. The number of ether oxygens (including phenoxy) is 1. The van der Waals surface area contributed by atoms with Gasteiger partial charge in [0.1, 0.15) is 5.56 Å². The summed E-state index contributed by atoms with van der Waals surface area (Å²) in [5, 5.41) is 13.0. The van der Waals surface area contributed by atoms with Crippen molar-refractivity contribution in [2.45, 2.75) is 6.92 Å². The number of aromatic carboxylic acids is 1. The van der Waals surface area contributed by atoms with Gasteiger partial charge in [-0.1, -0.05) is 0 Å². The Morgan fingerprint density at radius 3 is 3.06 bits per heavy atom. The molecule has 1 N–H and O–H groups in total. The van der Waals surface area contributed by atoms with E-state index in [2.05, 4.69) is 26.0 Å². The van der Waals surface area contributed by atoms with Crippen LogP contribution in [0.4, 0.5) is 0 Å². The lowest BCUT2D eigenvalue weighted by Gasteiger charge is -1.97. The quantitative estimate of drug-likeness (QED) is 0.927. The lowest BCUT2D eigenvalue weighted by Crippen LogP contribution is -2.01. The van der Waals surface area contributed by atoms with Crippen molar-refractivity contribution in [3.63, 3.8) is 0 Å². The van der Waals surface area contributed by atoms with Crippen molar-refractivity contribution in [1.82, 2.24) is 14.6 Å². The summed E-state index contributed by atoms with van der Waals surface area (Å²) >= 11 is 3.21. The summed E-state index contributed by atoms with van der Waals surface area (Å²) < 4.78 is 7.10. The monoisotopic (exact) mass is 285 g/mol. The summed E-state index contributed by atoms with van der Waals surface area (Å²) in [6, 6.07) is 1.64. The number of aromatic nitrogens is 3. The third kappa shape index (κ3) is 1.85. The van der Waals surface area contributed by atoms with E-state index >= 15 is 0 Å². The number of carboxylic acids is 1. The molecule has 2 aromatic rings. The summed E-state index contributed by atoms with van der Waals surface area (Å²) in [6.45, 7) is 2.24. The van der Waals surface area contributed by atoms with Crippen LogP contribution in [0.3, 0.4) is 0 Å². The molecule has 0 unspecified atom stereocenters. The van der Waals surface area contributed by atoms with Crippen LogP contribution in [-0.4, -0.2) is 32.3 Å². The number of halogens is 1. The lowest BCUT2D eigenvalue weighted by atomic mass is 10.3. The molecule has 0 saturated heterocycles. The average Bonchev–Trinajstić information content (AvgIpc) is 2.59. The molecule has 0 saturated carbocycles. The van der Waals surface area contributed by atoms with Gasteiger partial charge in [0.05, 0.1) is 6.61 Å². The molecule has 2 heterocycles. The Kier molecular flexibility index (Phi) is 2.78. The molecule has 0 spiro atoms. The van der Waals surface area contributed by atoms with E-state index in [1.54, 1.807) is 13.1 Å². The van der Waals surface area contributed by atoms with Crippen LogP contribution in [0, 0.1) is 0 Å². The highest BCUT2D eigenvalue weighted by atomic mass is 79.9. The van der Waals surface area contributed by atoms with E-state index in [0.29, 0.717) is 11.1 Å². The number of pyridine rings is 1. The molecule has 0 aromatic carbocycles. The van der Waals surface area contributed by atoms with Crippen molar-refractivity contribution in [1.29, 1.82) is 0 Å². The zero-order chi connectivity index (χ0) is 11.7. The molecule has 2 rings (SSSR count). The van der Waals surface area contributed by atoms with Gasteiger partial charge in [0.25, 0.3) is 0 Å². The molecular weight excluding hydrogens is 278 g/mol. The van der Waals surface area contributed by atoms with Crippen LogP contribution in [0.15, 0.2) is 16.7 Å². The van der Waals surface area contributed by atoms with E-state index in [1.165, 1.54) is 10.6 Å². The molecule has 0 radical (unpaired) electrons. The third-order valence-corrected chi connectivity index (χ3v) is 2.32. The summed E-state index contributed by atoms with van der Waals surface area (Å²) in [7, 11) is 0. The molecule has 0 amide bonds. The molecule has 7 heteroatoms. The molecule has 0 bridgehead atoms. The van der Waals surface area contributed by atoms with Crippen molar-refractivity contribution in [2.24, 2.45) is 0 Å². The molecule has 16 heavy (non-hydrogen) atoms. The van der Waals surface area contributed by atoms with E-state index in [-0.39, 0.29) is 17.2 Å². The summed E-state index contributed by atoms with van der Waals surface area (Å²) in [6.07, 6.45) is 1.62. The number of carboxylic acid groups (broad SMARTS) is 1. The molecule has 0 atom stereocenters. The van der Waals surface area contributed by atoms with Crippen molar-refractivity contribution in [3.8, 4) is 6.01 Å². The van der Waals surface area contributed by atoms with Gasteiger partial charge in [-0.05, 0) is 28.9 Å². The van der Waals surface area contributed by atoms with Gasteiger partial charge in [-0.25, -0.2) is 9.31 Å². The molecule has 84 valence electrons. The fourth-order valence-corrected chi connectivity index (χ4v) is 1.70. The molecule has 0 aliphatic heterocycles. The first-order valence-corrected chi connectivity index (χ1v) is 5.33. The van der Waals surface area contributed by atoms with E-state index in [0.717, 1.165) is 0 Å². The molecule has 0 aliphatic rings. The Morgan fingerprint density at radius 1 is 1.69 bits per heavy atom. The number of carbonyl (C=O) groups is 1. The standard InChI is InChI=1S/C9H8BrN3O3/c1-2-16-9-11-7-6(8(14)15)3-5(10)4-13(7)12-9/h3-4H,2H2,1H3,(H,14,15). The Hall–Kier alpha value is -1.63. The van der Waals surface area contributed by atoms with Gasteiger partial charge in [-0.3, -0.25) is 0 Å². The summed E-state index contributed by atoms with van der Waals surface area (Å²) in [5.41, 5.74) is 0.340. The summed E-state index contributed by atoms with van der Waals surface area (Å²) in [5.74, 6) is -1.05. The van der Waals surface area contributed by atoms with Gasteiger partial charge in [-0.2, -0.15) is 4.98 Å². The van der Waals surface area contributed by atoms with Crippen LogP contribution < -0.4 is 4.74 Å². The lowest BCUT2D eigenvalue weighted by molar-refractivity contribution is 0.0698. The molecule has 6 nitrogen and oxygen atoms in total. The van der Waals surface area contributed by atoms with Crippen LogP contribution >= 0.6 is 15.9 Å². The zero-order valence-electron chi connectivity index (χ0n) is 8.35. The first kappa shape index (κ1) is 10.9. The van der Waals surface area contributed by atoms with Gasteiger partial charge in [-0.15, -0.1) is 5.10 Å². The molecule has 2 aromatic heterocycles. The van der Waals surface area contributed by atoms with E-state index < -0.39 is 5.97 Å². The van der Waals surface area contributed by atoms with Crippen LogP contribution in [-0.2, 0) is 0 Å². The predicted octanol–water partition coefficient (Wildman–Crippen LogP) is 1.59. The molecule has 0 aliphatic carbocycles. The minimum absolute atomic E-state index is 0.0767. The average molecular weight is 286 g/mol. The van der Waals surface area contributed by atoms with E-state index in [4.69, 9.17) is 9.84 Å². The number of rotatable bonds is 3. The number of fused-ring (bicyclic) bond motifs is 1. The SMILES string of the molecule is CCOc1nc2c(C(=O)O)cc(Br)cn2n1. The predicted molar refractivity (Wildman–Crippen MR) is 58.8 cm³/mol. The van der Waals surface area contributed by atoms with E-state index in [1.807, 2.05) is 0 Å². The Labute approximate surface area is 99.0 Å². The minimum atomic E-state index is -1.05. The van der Waals surface area contributed by atoms with Gasteiger partial charge >= 0.3 is 12.0 Å². The fourth-order valence-electron chi connectivity index (χ4n) is 1.28. The highest BCUT2D eigenvalue weighted by Crippen LogP contribution is 2.18. The van der Waals surface area contributed by atoms with Crippen molar-refractivity contribution in [3.05, 3.63) is 22.3 Å². The van der Waals surface area contributed by atoms with Crippen molar-refractivity contribution in [2.75, 3.05) is 6.61 Å². The third-order valence-electron chi connectivity index (χ3n) is 1.88. The maximum Gasteiger partial charge on any atom is 0.339 e. The zero-order valence-corrected chi connectivity index (χ0v) is 9.93. The van der Waals surface area contributed by atoms with Gasteiger partial charge in [0, 0.05) is 10.7 Å². The van der Waals surface area contributed by atoms with E-state index in [9.17, 15) is 4.79 Å². The first-order valence-electron chi connectivity index (χ1n) is 4.54. The Morgan fingerprint density at radius 2 is 2.44 bits per heavy atom. The van der Waals surface area contributed by atoms with Crippen molar-refractivity contribution < 1.29 is 14.6 Å². The van der Waals surface area contributed by atoms with Crippen LogP contribution in [0.5, 0.6) is 6.01 Å². The van der Waals surface area contributed by atoms with Crippen LogP contribution in [0.2, 0.25) is 0 Å². The highest BCUT2D eigenvalue weighted by molar-refractivity contribution is 9.10. The van der Waals surface area contributed by atoms with Gasteiger partial charge in [0.2, 0.25) is 0 Å². The first-order chi connectivity index (χ1) is 7.61. The number of hydrogen-bond acceptors (Lipinski definition) is 4. The minimum Gasteiger partial charge on any atom is -0.478 e. The maximum absolute atomic E-state index is 11.0. The van der Waals surface area contributed by atoms with Gasteiger partial charge < -0.3 is 9.84 Å². The smallest absolute Gasteiger partial charge is 0.339 e. The van der Waals surface area contributed by atoms with Crippen LogP contribution in [0.25, 0.3) is 5.65 Å². The van der Waals surface area contributed by atoms with Gasteiger partial charge in [0.15, 0.2) is 5.65 Å². The second kappa shape index (κ2) is 4.09. The highest BCUT2D eigenvalue weighted by Gasteiger charge is 2.14. The maximum atomic E-state index is 11.0. The number of nitrogens with zero attached hydrogens (tertiary/aromatic N) is 3. The normalized spacial score (nSPS) is 10.6. The fraction of sp³-hybridized carbons (Fsp3) is 0.222.